The van der Waals surface area contributed by atoms with Gasteiger partial charge in [0, 0.05) is 17.6 Å². The molecule has 2 heteroatoms. The van der Waals surface area contributed by atoms with Crippen LogP contribution in [-0.4, -0.2) is 22.6 Å². The molecule has 0 amide bonds. The summed E-state index contributed by atoms with van der Waals surface area (Å²) in [7, 11) is 2.09. The molecule has 0 unspecified atom stereocenters. The molecular formula is C16H27NO. The van der Waals surface area contributed by atoms with Crippen molar-refractivity contribution in [2.75, 3.05) is 7.05 Å². The lowest BCUT2D eigenvalue weighted by molar-refractivity contribution is 0.165. The maximum absolute atomic E-state index is 10.4. The molecule has 0 aromatic heterocycles. The van der Waals surface area contributed by atoms with Crippen LogP contribution in [0, 0.1) is 0 Å². The SMILES string of the molecule is CN(Cc1cccc(C(C)(C)C)c1O)C(C)(C)C. The van der Waals surface area contributed by atoms with E-state index in [9.17, 15) is 5.11 Å². The van der Waals surface area contributed by atoms with Crippen molar-refractivity contribution >= 4 is 0 Å². The third-order valence-corrected chi connectivity index (χ3v) is 3.48. The van der Waals surface area contributed by atoms with Crippen LogP contribution in [0.3, 0.4) is 0 Å². The number of hydrogen-bond acceptors (Lipinski definition) is 2. The minimum atomic E-state index is -0.0274. The van der Waals surface area contributed by atoms with Gasteiger partial charge in [0.1, 0.15) is 5.75 Å². The summed E-state index contributed by atoms with van der Waals surface area (Å²) in [5.74, 6) is 0.445. The van der Waals surface area contributed by atoms with E-state index in [-0.39, 0.29) is 11.0 Å². The lowest BCUT2D eigenvalue weighted by Crippen LogP contribution is -2.37. The van der Waals surface area contributed by atoms with Crippen molar-refractivity contribution in [2.45, 2.75) is 59.0 Å². The van der Waals surface area contributed by atoms with Gasteiger partial charge in [-0.05, 0) is 38.8 Å². The third-order valence-electron chi connectivity index (χ3n) is 3.48. The molecule has 0 radical (unpaired) electrons. The van der Waals surface area contributed by atoms with Crippen molar-refractivity contribution in [1.82, 2.24) is 4.90 Å². The summed E-state index contributed by atoms with van der Waals surface area (Å²) in [6.07, 6.45) is 0. The molecule has 0 saturated carbocycles. The van der Waals surface area contributed by atoms with E-state index in [0.717, 1.165) is 17.7 Å². The average Bonchev–Trinajstić information content (AvgIpc) is 2.17. The molecule has 0 spiro atoms. The normalized spacial score (nSPS) is 13.1. The van der Waals surface area contributed by atoms with E-state index in [1.807, 2.05) is 18.2 Å². The molecule has 0 bridgehead atoms. The Balaban J connectivity index is 3.06. The van der Waals surface area contributed by atoms with Gasteiger partial charge in [-0.15, -0.1) is 0 Å². The highest BCUT2D eigenvalue weighted by Crippen LogP contribution is 2.34. The first-order valence-electron chi connectivity index (χ1n) is 6.56. The van der Waals surface area contributed by atoms with E-state index in [4.69, 9.17) is 0 Å². The van der Waals surface area contributed by atoms with Crippen LogP contribution in [0.25, 0.3) is 0 Å². The number of nitrogens with zero attached hydrogens (tertiary/aromatic N) is 1. The predicted molar refractivity (Wildman–Crippen MR) is 78.0 cm³/mol. The summed E-state index contributed by atoms with van der Waals surface area (Å²) in [5, 5.41) is 10.4. The van der Waals surface area contributed by atoms with E-state index < -0.39 is 0 Å². The van der Waals surface area contributed by atoms with E-state index in [0.29, 0.717) is 5.75 Å². The number of hydrogen-bond donors (Lipinski definition) is 1. The zero-order chi connectivity index (χ0) is 14.1. The van der Waals surface area contributed by atoms with Crippen molar-refractivity contribution in [3.63, 3.8) is 0 Å². The van der Waals surface area contributed by atoms with Gasteiger partial charge in [0.15, 0.2) is 0 Å². The molecule has 1 rings (SSSR count). The standard InChI is InChI=1S/C16H27NO/c1-15(2,3)13-10-8-9-12(14(13)18)11-17(7)16(4,5)6/h8-10,18H,11H2,1-7H3. The third kappa shape index (κ3) is 3.49. The lowest BCUT2D eigenvalue weighted by atomic mass is 9.85. The maximum Gasteiger partial charge on any atom is 0.123 e. The molecule has 0 atom stereocenters. The second kappa shape index (κ2) is 4.93. The summed E-state index contributed by atoms with van der Waals surface area (Å²) in [4.78, 5) is 2.24. The Morgan fingerprint density at radius 3 is 2.06 bits per heavy atom. The summed E-state index contributed by atoms with van der Waals surface area (Å²) >= 11 is 0. The van der Waals surface area contributed by atoms with Crippen molar-refractivity contribution in [3.8, 4) is 5.75 Å². The molecule has 0 aliphatic carbocycles. The summed E-state index contributed by atoms with van der Waals surface area (Å²) in [5.41, 5.74) is 2.09. The first kappa shape index (κ1) is 15.0. The molecular weight excluding hydrogens is 222 g/mol. The predicted octanol–water partition coefficient (Wildman–Crippen LogP) is 3.92. The van der Waals surface area contributed by atoms with Crippen molar-refractivity contribution in [1.29, 1.82) is 0 Å². The van der Waals surface area contributed by atoms with Gasteiger partial charge < -0.3 is 5.11 Å². The van der Waals surface area contributed by atoms with Crippen LogP contribution in [0.2, 0.25) is 0 Å². The number of benzene rings is 1. The van der Waals surface area contributed by atoms with Gasteiger partial charge in [-0.1, -0.05) is 39.0 Å². The number of phenolic OH excluding ortho intramolecular Hbond substituents is 1. The van der Waals surface area contributed by atoms with Gasteiger partial charge >= 0.3 is 0 Å². The average molecular weight is 249 g/mol. The Morgan fingerprint density at radius 1 is 1.06 bits per heavy atom. The zero-order valence-electron chi connectivity index (χ0n) is 12.8. The molecule has 0 saturated heterocycles. The van der Waals surface area contributed by atoms with Crippen molar-refractivity contribution in [2.24, 2.45) is 0 Å². The van der Waals surface area contributed by atoms with Gasteiger partial charge in [0.2, 0.25) is 0 Å². The summed E-state index contributed by atoms with van der Waals surface area (Å²) in [6, 6.07) is 6.05. The van der Waals surface area contributed by atoms with Crippen LogP contribution in [0.15, 0.2) is 18.2 Å². The second-order valence-corrected chi connectivity index (χ2v) is 7.09. The molecule has 102 valence electrons. The van der Waals surface area contributed by atoms with Crippen LogP contribution in [0.4, 0.5) is 0 Å². The van der Waals surface area contributed by atoms with Crippen LogP contribution >= 0.6 is 0 Å². The van der Waals surface area contributed by atoms with Gasteiger partial charge in [-0.3, -0.25) is 4.90 Å². The monoisotopic (exact) mass is 249 g/mol. The number of para-hydroxylation sites is 1. The molecule has 1 N–H and O–H groups in total. The molecule has 0 fully saturated rings. The minimum Gasteiger partial charge on any atom is -0.507 e. The highest BCUT2D eigenvalue weighted by molar-refractivity contribution is 5.44. The first-order valence-corrected chi connectivity index (χ1v) is 6.56. The molecule has 0 aliphatic heterocycles. The van der Waals surface area contributed by atoms with Gasteiger partial charge in [-0.25, -0.2) is 0 Å². The lowest BCUT2D eigenvalue weighted by Gasteiger charge is -2.32. The van der Waals surface area contributed by atoms with Crippen LogP contribution in [0.5, 0.6) is 5.75 Å². The van der Waals surface area contributed by atoms with Crippen molar-refractivity contribution in [3.05, 3.63) is 29.3 Å². The highest BCUT2D eigenvalue weighted by atomic mass is 16.3. The molecule has 1 aromatic carbocycles. The highest BCUT2D eigenvalue weighted by Gasteiger charge is 2.22. The van der Waals surface area contributed by atoms with Crippen LogP contribution in [-0.2, 0) is 12.0 Å². The van der Waals surface area contributed by atoms with Gasteiger partial charge in [-0.2, -0.15) is 0 Å². The molecule has 0 aliphatic rings. The molecule has 18 heavy (non-hydrogen) atoms. The largest absolute Gasteiger partial charge is 0.507 e. The minimum absolute atomic E-state index is 0.0274. The summed E-state index contributed by atoms with van der Waals surface area (Å²) in [6.45, 7) is 13.7. The van der Waals surface area contributed by atoms with Crippen molar-refractivity contribution < 1.29 is 5.11 Å². The maximum atomic E-state index is 10.4. The van der Waals surface area contributed by atoms with E-state index in [1.54, 1.807) is 0 Å². The van der Waals surface area contributed by atoms with Gasteiger partial charge in [0.05, 0.1) is 0 Å². The second-order valence-electron chi connectivity index (χ2n) is 7.09. The zero-order valence-corrected chi connectivity index (χ0v) is 12.8. The Bertz CT molecular complexity index is 410. The molecule has 1 aromatic rings. The fourth-order valence-corrected chi connectivity index (χ4v) is 1.82. The van der Waals surface area contributed by atoms with E-state index in [2.05, 4.69) is 53.5 Å². The quantitative estimate of drug-likeness (QED) is 0.858. The first-order chi connectivity index (χ1) is 8.03. The Labute approximate surface area is 112 Å². The summed E-state index contributed by atoms with van der Waals surface area (Å²) < 4.78 is 0. The topological polar surface area (TPSA) is 23.5 Å². The number of phenols is 1. The Morgan fingerprint density at radius 2 is 1.61 bits per heavy atom. The fraction of sp³-hybridized carbons (Fsp3) is 0.625. The fourth-order valence-electron chi connectivity index (χ4n) is 1.82. The van der Waals surface area contributed by atoms with E-state index in [1.165, 1.54) is 0 Å². The Hall–Kier alpha value is -1.02. The smallest absolute Gasteiger partial charge is 0.123 e. The number of rotatable bonds is 2. The molecule has 0 heterocycles. The van der Waals surface area contributed by atoms with Gasteiger partial charge in [0.25, 0.3) is 0 Å². The molecule has 2 nitrogen and oxygen atoms in total. The van der Waals surface area contributed by atoms with Crippen LogP contribution in [0.1, 0.15) is 52.7 Å². The Kier molecular flexibility index (Phi) is 4.12. The number of aromatic hydroxyl groups is 1. The van der Waals surface area contributed by atoms with Crippen LogP contribution < -0.4 is 0 Å². The van der Waals surface area contributed by atoms with E-state index >= 15 is 0 Å².